The lowest BCUT2D eigenvalue weighted by molar-refractivity contribution is 0.0932. The van der Waals surface area contributed by atoms with Crippen molar-refractivity contribution in [1.29, 1.82) is 0 Å². The maximum absolute atomic E-state index is 12.7. The molecule has 0 spiro atoms. The van der Waals surface area contributed by atoms with Gasteiger partial charge in [-0.05, 0) is 55.6 Å². The van der Waals surface area contributed by atoms with Gasteiger partial charge in [0, 0.05) is 40.7 Å². The lowest BCUT2D eigenvalue weighted by atomic mass is 9.96. The minimum atomic E-state index is -0.0644. The summed E-state index contributed by atoms with van der Waals surface area (Å²) < 4.78 is 0. The second-order valence-corrected chi connectivity index (χ2v) is 9.30. The lowest BCUT2D eigenvalue weighted by Gasteiger charge is -2.32. The van der Waals surface area contributed by atoms with Gasteiger partial charge in [0.1, 0.15) is 0 Å². The van der Waals surface area contributed by atoms with E-state index in [4.69, 9.17) is 11.6 Å². The van der Waals surface area contributed by atoms with Crippen LogP contribution in [0.5, 0.6) is 0 Å². The molecule has 4 nitrogen and oxygen atoms in total. The standard InChI is InChI=1S/C23H25ClN2O2S/c24-18-4-1-3-17(13-18)15-26-10-7-16(8-11-26)14-25-23(28)20-6-2-5-19-21(27)9-12-29-22(19)20/h1-6,13,16H,7-12,14-15H2,(H,25,28). The second-order valence-electron chi connectivity index (χ2n) is 7.76. The molecule has 0 unspecified atom stereocenters. The first-order chi connectivity index (χ1) is 14.1. The summed E-state index contributed by atoms with van der Waals surface area (Å²) in [4.78, 5) is 28.1. The van der Waals surface area contributed by atoms with Gasteiger partial charge in [-0.15, -0.1) is 11.8 Å². The molecular weight excluding hydrogens is 404 g/mol. The minimum absolute atomic E-state index is 0.0644. The fraction of sp³-hybridized carbons (Fsp3) is 0.391. The maximum atomic E-state index is 12.7. The Morgan fingerprint density at radius 2 is 1.97 bits per heavy atom. The highest BCUT2D eigenvalue weighted by atomic mass is 35.5. The molecule has 0 saturated carbocycles. The van der Waals surface area contributed by atoms with Crippen LogP contribution in [0.15, 0.2) is 47.4 Å². The number of ketones is 1. The molecule has 0 aromatic heterocycles. The fourth-order valence-corrected chi connectivity index (χ4v) is 5.40. The van der Waals surface area contributed by atoms with Crippen molar-refractivity contribution in [3.05, 3.63) is 64.2 Å². The summed E-state index contributed by atoms with van der Waals surface area (Å²) >= 11 is 7.69. The zero-order valence-electron chi connectivity index (χ0n) is 16.3. The summed E-state index contributed by atoms with van der Waals surface area (Å²) in [5.74, 6) is 1.32. The van der Waals surface area contributed by atoms with E-state index in [1.54, 1.807) is 11.8 Å². The number of hydrogen-bond donors (Lipinski definition) is 1. The number of halogens is 1. The first-order valence-electron chi connectivity index (χ1n) is 10.1. The molecule has 0 bridgehead atoms. The summed E-state index contributed by atoms with van der Waals surface area (Å²) in [6.45, 7) is 3.66. The Labute approximate surface area is 181 Å². The van der Waals surface area contributed by atoms with Crippen LogP contribution in [0.4, 0.5) is 0 Å². The highest BCUT2D eigenvalue weighted by Gasteiger charge is 2.24. The first-order valence-corrected chi connectivity index (χ1v) is 11.5. The average Bonchev–Trinajstić information content (AvgIpc) is 2.73. The zero-order valence-corrected chi connectivity index (χ0v) is 17.9. The van der Waals surface area contributed by atoms with E-state index in [0.29, 0.717) is 30.0 Å². The van der Waals surface area contributed by atoms with Gasteiger partial charge in [-0.2, -0.15) is 0 Å². The van der Waals surface area contributed by atoms with Crippen molar-refractivity contribution in [3.63, 3.8) is 0 Å². The molecule has 2 aromatic rings. The number of amides is 1. The summed E-state index contributed by atoms with van der Waals surface area (Å²) in [5, 5.41) is 3.89. The summed E-state index contributed by atoms with van der Waals surface area (Å²) in [5.41, 5.74) is 2.58. The van der Waals surface area contributed by atoms with E-state index in [0.717, 1.165) is 48.1 Å². The molecular formula is C23H25ClN2O2S. The number of hydrogen-bond acceptors (Lipinski definition) is 4. The molecule has 29 heavy (non-hydrogen) atoms. The highest BCUT2D eigenvalue weighted by molar-refractivity contribution is 7.99. The van der Waals surface area contributed by atoms with Gasteiger partial charge < -0.3 is 5.32 Å². The third-order valence-electron chi connectivity index (χ3n) is 5.69. The third-order valence-corrected chi connectivity index (χ3v) is 7.06. The summed E-state index contributed by atoms with van der Waals surface area (Å²) in [6, 6.07) is 13.5. The van der Waals surface area contributed by atoms with Crippen molar-refractivity contribution in [2.75, 3.05) is 25.4 Å². The molecule has 2 aromatic carbocycles. The van der Waals surface area contributed by atoms with E-state index >= 15 is 0 Å². The van der Waals surface area contributed by atoms with Crippen LogP contribution < -0.4 is 5.32 Å². The fourth-order valence-electron chi connectivity index (χ4n) is 4.05. The Kier molecular flexibility index (Phi) is 6.58. The number of piperidine rings is 1. The molecule has 2 heterocycles. The quantitative estimate of drug-likeness (QED) is 0.752. The van der Waals surface area contributed by atoms with Gasteiger partial charge in [0.25, 0.3) is 5.91 Å². The maximum Gasteiger partial charge on any atom is 0.252 e. The van der Waals surface area contributed by atoms with Crippen molar-refractivity contribution < 1.29 is 9.59 Å². The third kappa shape index (κ3) is 5.03. The van der Waals surface area contributed by atoms with Crippen LogP contribution in [0.3, 0.4) is 0 Å². The van der Waals surface area contributed by atoms with Gasteiger partial charge in [0.15, 0.2) is 5.78 Å². The number of carbonyl (C=O) groups excluding carboxylic acids is 2. The number of benzene rings is 2. The largest absolute Gasteiger partial charge is 0.352 e. The number of thioether (sulfide) groups is 1. The molecule has 4 rings (SSSR count). The lowest BCUT2D eigenvalue weighted by Crippen LogP contribution is -2.38. The molecule has 0 radical (unpaired) electrons. The molecule has 2 aliphatic rings. The van der Waals surface area contributed by atoms with Crippen molar-refractivity contribution >= 4 is 35.1 Å². The number of nitrogens with one attached hydrogen (secondary N) is 1. The molecule has 0 aliphatic carbocycles. The number of Topliss-reactive ketones (excluding diaryl/α,β-unsaturated/α-hetero) is 1. The van der Waals surface area contributed by atoms with Crippen molar-refractivity contribution in [2.24, 2.45) is 5.92 Å². The Balaban J connectivity index is 1.28. The molecule has 1 fully saturated rings. The second kappa shape index (κ2) is 9.33. The highest BCUT2D eigenvalue weighted by Crippen LogP contribution is 2.33. The van der Waals surface area contributed by atoms with Gasteiger partial charge >= 0.3 is 0 Å². The molecule has 1 amide bonds. The van der Waals surface area contributed by atoms with Gasteiger partial charge in [0.2, 0.25) is 0 Å². The van der Waals surface area contributed by atoms with E-state index in [1.807, 2.05) is 36.4 Å². The molecule has 1 saturated heterocycles. The molecule has 6 heteroatoms. The predicted molar refractivity (Wildman–Crippen MR) is 118 cm³/mol. The topological polar surface area (TPSA) is 49.4 Å². The van der Waals surface area contributed by atoms with Gasteiger partial charge in [-0.1, -0.05) is 35.9 Å². The number of nitrogens with zero attached hydrogens (tertiary/aromatic N) is 1. The SMILES string of the molecule is O=C1CCSc2c1cccc2C(=O)NCC1CCN(Cc2cccc(Cl)c2)CC1. The molecule has 0 atom stereocenters. The Bertz CT molecular complexity index is 910. The van der Waals surface area contributed by atoms with E-state index in [1.165, 1.54) is 5.56 Å². The van der Waals surface area contributed by atoms with Crippen LogP contribution in [-0.4, -0.2) is 42.0 Å². The van der Waals surface area contributed by atoms with Gasteiger partial charge in [-0.25, -0.2) is 0 Å². The van der Waals surface area contributed by atoms with Crippen LogP contribution in [0.1, 0.15) is 45.5 Å². The number of rotatable bonds is 5. The Morgan fingerprint density at radius 3 is 2.76 bits per heavy atom. The van der Waals surface area contributed by atoms with E-state index in [-0.39, 0.29) is 11.7 Å². The Hall–Kier alpha value is -1.82. The predicted octanol–water partition coefficient (Wildman–Crippen LogP) is 4.66. The molecule has 2 aliphatic heterocycles. The van der Waals surface area contributed by atoms with Gasteiger partial charge in [-0.3, -0.25) is 14.5 Å². The van der Waals surface area contributed by atoms with Crippen molar-refractivity contribution in [2.45, 2.75) is 30.7 Å². The van der Waals surface area contributed by atoms with Gasteiger partial charge in [0.05, 0.1) is 5.56 Å². The minimum Gasteiger partial charge on any atom is -0.352 e. The van der Waals surface area contributed by atoms with E-state index < -0.39 is 0 Å². The normalized spacial score (nSPS) is 17.8. The monoisotopic (exact) mass is 428 g/mol. The van der Waals surface area contributed by atoms with Crippen LogP contribution >= 0.6 is 23.4 Å². The van der Waals surface area contributed by atoms with Crippen LogP contribution in [-0.2, 0) is 6.54 Å². The van der Waals surface area contributed by atoms with E-state index in [2.05, 4.69) is 16.3 Å². The summed E-state index contributed by atoms with van der Waals surface area (Å²) in [7, 11) is 0. The Morgan fingerprint density at radius 1 is 1.17 bits per heavy atom. The number of fused-ring (bicyclic) bond motifs is 1. The molecule has 152 valence electrons. The van der Waals surface area contributed by atoms with Crippen LogP contribution in [0.2, 0.25) is 5.02 Å². The van der Waals surface area contributed by atoms with Crippen molar-refractivity contribution in [1.82, 2.24) is 10.2 Å². The van der Waals surface area contributed by atoms with E-state index in [9.17, 15) is 9.59 Å². The summed E-state index contributed by atoms with van der Waals surface area (Å²) in [6.07, 6.45) is 2.69. The van der Waals surface area contributed by atoms with Crippen LogP contribution in [0, 0.1) is 5.92 Å². The molecule has 1 N–H and O–H groups in total. The number of carbonyl (C=O) groups is 2. The zero-order chi connectivity index (χ0) is 20.2. The van der Waals surface area contributed by atoms with Crippen LogP contribution in [0.25, 0.3) is 0 Å². The van der Waals surface area contributed by atoms with Crippen molar-refractivity contribution in [3.8, 4) is 0 Å². The number of likely N-dealkylation sites (tertiary alicyclic amines) is 1. The average molecular weight is 429 g/mol. The first kappa shape index (κ1) is 20.5. The smallest absolute Gasteiger partial charge is 0.252 e.